The number of carbonyl (C=O) groups excluding carboxylic acids is 2. The summed E-state index contributed by atoms with van der Waals surface area (Å²) in [5.41, 5.74) is 1.19. The SMILES string of the molecule is CCCCNC(=O)C(C)N(Cc1ccc(Br)cc1)C(=O)CN(c1ccc(I)cc1)S(=O)(=O)c1ccccc1. The first kappa shape index (κ1) is 30.1. The van der Waals surface area contributed by atoms with Crippen LogP contribution < -0.4 is 9.62 Å². The molecule has 7 nitrogen and oxygen atoms in total. The Hall–Kier alpha value is -2.44. The van der Waals surface area contributed by atoms with Crippen molar-refractivity contribution in [3.05, 3.63) is 92.5 Å². The standard InChI is InChI=1S/C28H31BrIN3O4S/c1-3-4-18-31-28(35)21(2)32(19-22-10-12-23(29)13-11-22)27(34)20-33(25-16-14-24(30)15-17-25)38(36,37)26-8-6-5-7-9-26/h5-17,21H,3-4,18-20H2,1-2H3,(H,31,35). The highest BCUT2D eigenvalue weighted by Crippen LogP contribution is 2.25. The molecule has 3 aromatic carbocycles. The number of nitrogens with zero attached hydrogens (tertiary/aromatic N) is 2. The summed E-state index contributed by atoms with van der Waals surface area (Å²) in [5.74, 6) is -0.764. The number of carbonyl (C=O) groups is 2. The van der Waals surface area contributed by atoms with E-state index in [1.54, 1.807) is 49.4 Å². The summed E-state index contributed by atoms with van der Waals surface area (Å²) in [6.45, 7) is 3.91. The molecule has 10 heteroatoms. The maximum Gasteiger partial charge on any atom is 0.264 e. The third-order valence-corrected chi connectivity index (χ3v) is 9.02. The molecule has 0 radical (unpaired) electrons. The molecule has 0 aromatic heterocycles. The molecule has 2 amide bonds. The average molecular weight is 712 g/mol. The van der Waals surface area contributed by atoms with Crippen LogP contribution in [-0.4, -0.2) is 44.3 Å². The molecular formula is C28H31BrIN3O4S. The van der Waals surface area contributed by atoms with E-state index in [0.29, 0.717) is 12.2 Å². The molecule has 0 saturated heterocycles. The lowest BCUT2D eigenvalue weighted by atomic mass is 10.1. The molecular weight excluding hydrogens is 681 g/mol. The summed E-state index contributed by atoms with van der Waals surface area (Å²) in [7, 11) is -4.06. The Bertz CT molecular complexity index is 1320. The molecule has 3 aromatic rings. The van der Waals surface area contributed by atoms with E-state index < -0.39 is 28.5 Å². The van der Waals surface area contributed by atoms with Gasteiger partial charge in [-0.1, -0.05) is 59.6 Å². The second kappa shape index (κ2) is 14.1. The Morgan fingerprint density at radius 2 is 1.61 bits per heavy atom. The summed E-state index contributed by atoms with van der Waals surface area (Å²) < 4.78 is 30.4. The number of unbranched alkanes of at least 4 members (excludes halogenated alkanes) is 1. The maximum absolute atomic E-state index is 13.8. The zero-order chi connectivity index (χ0) is 27.7. The molecule has 0 heterocycles. The highest BCUT2D eigenvalue weighted by Gasteiger charge is 2.32. The van der Waals surface area contributed by atoms with Gasteiger partial charge in [-0.3, -0.25) is 13.9 Å². The van der Waals surface area contributed by atoms with Crippen LogP contribution in [0.1, 0.15) is 32.3 Å². The number of anilines is 1. The maximum atomic E-state index is 13.8. The Morgan fingerprint density at radius 3 is 2.21 bits per heavy atom. The number of halogens is 2. The van der Waals surface area contributed by atoms with Crippen molar-refractivity contribution in [2.45, 2.75) is 44.2 Å². The molecule has 1 N–H and O–H groups in total. The highest BCUT2D eigenvalue weighted by molar-refractivity contribution is 14.1. The zero-order valence-electron chi connectivity index (χ0n) is 21.3. The van der Waals surface area contributed by atoms with Gasteiger partial charge in [0.25, 0.3) is 10.0 Å². The van der Waals surface area contributed by atoms with Crippen molar-refractivity contribution < 1.29 is 18.0 Å². The van der Waals surface area contributed by atoms with E-state index in [1.165, 1.54) is 17.0 Å². The second-order valence-electron chi connectivity index (χ2n) is 8.77. The van der Waals surface area contributed by atoms with Crippen LogP contribution in [0, 0.1) is 3.57 Å². The van der Waals surface area contributed by atoms with E-state index in [9.17, 15) is 18.0 Å². The second-order valence-corrected chi connectivity index (χ2v) is 12.8. The Kier molecular flexibility index (Phi) is 11.2. The van der Waals surface area contributed by atoms with Crippen molar-refractivity contribution >= 4 is 66.0 Å². The lowest BCUT2D eigenvalue weighted by Crippen LogP contribution is -2.51. The van der Waals surface area contributed by atoms with Crippen LogP contribution in [0.2, 0.25) is 0 Å². The lowest BCUT2D eigenvalue weighted by molar-refractivity contribution is -0.139. The molecule has 0 aliphatic rings. The first-order valence-corrected chi connectivity index (χ1v) is 15.6. The number of amides is 2. The van der Waals surface area contributed by atoms with Crippen molar-refractivity contribution in [2.24, 2.45) is 0 Å². The summed E-state index contributed by atoms with van der Waals surface area (Å²) >= 11 is 5.56. The fraction of sp³-hybridized carbons (Fsp3) is 0.286. The minimum absolute atomic E-state index is 0.0798. The third kappa shape index (κ3) is 8.03. The van der Waals surface area contributed by atoms with Crippen molar-refractivity contribution in [2.75, 3.05) is 17.4 Å². The summed E-state index contributed by atoms with van der Waals surface area (Å²) in [6, 6.07) is 21.6. The number of benzene rings is 3. The molecule has 1 unspecified atom stereocenters. The molecule has 0 aliphatic heterocycles. The van der Waals surface area contributed by atoms with Crippen LogP contribution in [0.25, 0.3) is 0 Å². The van der Waals surface area contributed by atoms with Crippen LogP contribution in [-0.2, 0) is 26.2 Å². The number of nitrogens with one attached hydrogen (secondary N) is 1. The first-order valence-electron chi connectivity index (χ1n) is 12.3. The fourth-order valence-electron chi connectivity index (χ4n) is 3.76. The van der Waals surface area contributed by atoms with Gasteiger partial charge in [0, 0.05) is 21.1 Å². The van der Waals surface area contributed by atoms with E-state index in [-0.39, 0.29) is 17.3 Å². The number of sulfonamides is 1. The van der Waals surface area contributed by atoms with Crippen molar-refractivity contribution in [3.8, 4) is 0 Å². The van der Waals surface area contributed by atoms with Gasteiger partial charge in [-0.25, -0.2) is 8.42 Å². The Balaban J connectivity index is 1.97. The van der Waals surface area contributed by atoms with Gasteiger partial charge in [-0.05, 0) is 90.0 Å². The van der Waals surface area contributed by atoms with Crippen LogP contribution in [0.15, 0.2) is 88.2 Å². The van der Waals surface area contributed by atoms with Gasteiger partial charge in [0.15, 0.2) is 0 Å². The molecule has 38 heavy (non-hydrogen) atoms. The van der Waals surface area contributed by atoms with Gasteiger partial charge >= 0.3 is 0 Å². The van der Waals surface area contributed by atoms with Crippen molar-refractivity contribution in [1.29, 1.82) is 0 Å². The van der Waals surface area contributed by atoms with Crippen LogP contribution in [0.3, 0.4) is 0 Å². The first-order chi connectivity index (χ1) is 18.1. The van der Waals surface area contributed by atoms with Gasteiger partial charge in [-0.2, -0.15) is 0 Å². The average Bonchev–Trinajstić information content (AvgIpc) is 2.92. The van der Waals surface area contributed by atoms with Gasteiger partial charge in [0.2, 0.25) is 11.8 Å². The molecule has 0 spiro atoms. The molecule has 1 atom stereocenters. The normalized spacial score (nSPS) is 12.0. The topological polar surface area (TPSA) is 86.8 Å². The van der Waals surface area contributed by atoms with Gasteiger partial charge in [-0.15, -0.1) is 0 Å². The number of hydrogen-bond acceptors (Lipinski definition) is 4. The van der Waals surface area contributed by atoms with E-state index in [4.69, 9.17) is 0 Å². The van der Waals surface area contributed by atoms with Gasteiger partial charge in [0.05, 0.1) is 10.6 Å². The predicted molar refractivity (Wildman–Crippen MR) is 162 cm³/mol. The van der Waals surface area contributed by atoms with E-state index >= 15 is 0 Å². The van der Waals surface area contributed by atoms with Crippen LogP contribution >= 0.6 is 38.5 Å². The molecule has 0 bridgehead atoms. The van der Waals surface area contributed by atoms with Crippen molar-refractivity contribution in [1.82, 2.24) is 10.2 Å². The fourth-order valence-corrected chi connectivity index (χ4v) is 5.82. The van der Waals surface area contributed by atoms with Crippen LogP contribution in [0.4, 0.5) is 5.69 Å². The molecule has 0 saturated carbocycles. The van der Waals surface area contributed by atoms with E-state index in [2.05, 4.69) is 43.8 Å². The van der Waals surface area contributed by atoms with Crippen LogP contribution in [0.5, 0.6) is 0 Å². The highest BCUT2D eigenvalue weighted by atomic mass is 127. The predicted octanol–water partition coefficient (Wildman–Crippen LogP) is 5.58. The monoisotopic (exact) mass is 711 g/mol. The Morgan fingerprint density at radius 1 is 0.974 bits per heavy atom. The van der Waals surface area contributed by atoms with E-state index in [0.717, 1.165) is 30.8 Å². The largest absolute Gasteiger partial charge is 0.354 e. The van der Waals surface area contributed by atoms with Crippen molar-refractivity contribution in [3.63, 3.8) is 0 Å². The molecule has 0 aliphatic carbocycles. The summed E-state index contributed by atoms with van der Waals surface area (Å²) in [5, 5.41) is 2.89. The molecule has 202 valence electrons. The minimum Gasteiger partial charge on any atom is -0.354 e. The Labute approximate surface area is 246 Å². The smallest absolute Gasteiger partial charge is 0.264 e. The van der Waals surface area contributed by atoms with E-state index in [1.807, 2.05) is 31.2 Å². The molecule has 3 rings (SSSR count). The number of hydrogen-bond donors (Lipinski definition) is 1. The van der Waals surface area contributed by atoms with Gasteiger partial charge < -0.3 is 10.2 Å². The lowest BCUT2D eigenvalue weighted by Gasteiger charge is -2.32. The quantitative estimate of drug-likeness (QED) is 0.196. The minimum atomic E-state index is -4.06. The number of rotatable bonds is 12. The zero-order valence-corrected chi connectivity index (χ0v) is 25.9. The molecule has 0 fully saturated rings. The summed E-state index contributed by atoms with van der Waals surface area (Å²) in [6.07, 6.45) is 1.76. The summed E-state index contributed by atoms with van der Waals surface area (Å²) in [4.78, 5) is 28.3. The third-order valence-electron chi connectivity index (χ3n) is 5.99. The van der Waals surface area contributed by atoms with Gasteiger partial charge in [0.1, 0.15) is 12.6 Å².